The predicted molar refractivity (Wildman–Crippen MR) is 171 cm³/mol. The lowest BCUT2D eigenvalue weighted by atomic mass is 9.96. The van der Waals surface area contributed by atoms with Gasteiger partial charge in [0, 0.05) is 12.6 Å². The Bertz CT molecular complexity index is 1540. The number of nitrogens with one attached hydrogen (secondary N) is 2. The fourth-order valence-corrected chi connectivity index (χ4v) is 5.32. The summed E-state index contributed by atoms with van der Waals surface area (Å²) in [5.74, 6) is -3.12. The van der Waals surface area contributed by atoms with Gasteiger partial charge in [-0.15, -0.1) is 0 Å². The molecule has 1 aliphatic rings. The number of hydrogen-bond acceptors (Lipinski definition) is 8. The zero-order chi connectivity index (χ0) is 33.9. The van der Waals surface area contributed by atoms with Gasteiger partial charge in [-0.2, -0.15) is 5.10 Å². The van der Waals surface area contributed by atoms with Crippen LogP contribution in [0.1, 0.15) is 50.8 Å². The van der Waals surface area contributed by atoms with Crippen LogP contribution >= 0.6 is 0 Å². The molecule has 3 aromatic rings. The Balaban J connectivity index is 1.42. The van der Waals surface area contributed by atoms with Crippen molar-refractivity contribution in [2.24, 2.45) is 5.92 Å². The molecule has 1 fully saturated rings. The van der Waals surface area contributed by atoms with E-state index in [4.69, 9.17) is 9.47 Å². The van der Waals surface area contributed by atoms with Crippen LogP contribution in [0.3, 0.4) is 0 Å². The van der Waals surface area contributed by atoms with E-state index in [0.29, 0.717) is 30.6 Å². The van der Waals surface area contributed by atoms with Crippen molar-refractivity contribution in [3.63, 3.8) is 0 Å². The van der Waals surface area contributed by atoms with Crippen LogP contribution in [0.25, 0.3) is 5.69 Å². The highest BCUT2D eigenvalue weighted by atomic mass is 16.5. The van der Waals surface area contributed by atoms with E-state index >= 15 is 0 Å². The smallest absolute Gasteiger partial charge is 0.408 e. The number of aliphatic carboxylic acids is 1. The van der Waals surface area contributed by atoms with Crippen molar-refractivity contribution >= 4 is 29.7 Å². The van der Waals surface area contributed by atoms with Gasteiger partial charge in [-0.3, -0.25) is 19.2 Å². The van der Waals surface area contributed by atoms with Gasteiger partial charge in [0.1, 0.15) is 24.7 Å². The molecule has 4 rings (SSSR count). The molecule has 3 atom stereocenters. The Morgan fingerprint density at radius 1 is 0.979 bits per heavy atom. The quantitative estimate of drug-likeness (QED) is 0.237. The first-order chi connectivity index (χ1) is 22.5. The van der Waals surface area contributed by atoms with Crippen LogP contribution in [0.15, 0.2) is 66.7 Å². The summed E-state index contributed by atoms with van der Waals surface area (Å²) in [7, 11) is 0. The SMILES string of the molecule is Cc1cc(OCC(=O)[C@H](CC(=O)O)NC(=O)[C@@H]2CCCCN2C(=O)[C@@H](NC(=O)OCc2ccccc2)C(C)C)n(-c2ccccc2)n1. The molecule has 2 heterocycles. The minimum atomic E-state index is -1.40. The average Bonchev–Trinajstić information content (AvgIpc) is 3.45. The van der Waals surface area contributed by atoms with Crippen molar-refractivity contribution in [3.8, 4) is 11.6 Å². The number of aromatic nitrogens is 2. The zero-order valence-electron chi connectivity index (χ0n) is 26.8. The first-order valence-corrected chi connectivity index (χ1v) is 15.6. The van der Waals surface area contributed by atoms with Crippen molar-refractivity contribution < 1.29 is 38.6 Å². The molecule has 0 aliphatic carbocycles. The lowest BCUT2D eigenvalue weighted by molar-refractivity contribution is -0.146. The Morgan fingerprint density at radius 3 is 2.32 bits per heavy atom. The fraction of sp³-hybridized carbons (Fsp3) is 0.412. The van der Waals surface area contributed by atoms with E-state index < -0.39 is 60.8 Å². The minimum absolute atomic E-state index is 0.0251. The molecular formula is C34H41N5O8. The van der Waals surface area contributed by atoms with Crippen molar-refractivity contribution in [1.82, 2.24) is 25.3 Å². The predicted octanol–water partition coefficient (Wildman–Crippen LogP) is 3.42. The number of Topliss-reactive ketones (excluding diaryl/α,β-unsaturated/α-hetero) is 1. The molecule has 0 unspecified atom stereocenters. The molecule has 0 saturated carbocycles. The number of likely N-dealkylation sites (tertiary alicyclic amines) is 1. The summed E-state index contributed by atoms with van der Waals surface area (Å²) in [6.45, 7) is 5.07. The highest BCUT2D eigenvalue weighted by Gasteiger charge is 2.39. The van der Waals surface area contributed by atoms with Gasteiger partial charge in [-0.1, -0.05) is 62.4 Å². The van der Waals surface area contributed by atoms with Gasteiger partial charge in [0.2, 0.25) is 17.7 Å². The van der Waals surface area contributed by atoms with E-state index in [1.54, 1.807) is 26.8 Å². The van der Waals surface area contributed by atoms with Crippen LogP contribution in [-0.4, -0.2) is 80.7 Å². The normalized spacial score (nSPS) is 15.7. The van der Waals surface area contributed by atoms with Crippen molar-refractivity contribution in [3.05, 3.63) is 78.0 Å². The average molecular weight is 648 g/mol. The summed E-state index contributed by atoms with van der Waals surface area (Å²) < 4.78 is 12.6. The number of aryl methyl sites for hydroxylation is 1. The molecule has 1 aromatic heterocycles. The first-order valence-electron chi connectivity index (χ1n) is 15.6. The van der Waals surface area contributed by atoms with Gasteiger partial charge in [0.15, 0.2) is 12.4 Å². The van der Waals surface area contributed by atoms with Crippen LogP contribution in [0.2, 0.25) is 0 Å². The maximum absolute atomic E-state index is 13.8. The number of rotatable bonds is 14. The van der Waals surface area contributed by atoms with E-state index in [9.17, 15) is 29.1 Å². The largest absolute Gasteiger partial charge is 0.481 e. The van der Waals surface area contributed by atoms with Crippen molar-refractivity contribution in [2.45, 2.75) is 71.2 Å². The molecule has 0 spiro atoms. The number of amides is 3. The number of hydrogen-bond donors (Lipinski definition) is 3. The standard InChI is InChI=1S/C34H41N5O8/c1-22(2)31(36-34(45)47-20-24-12-6-4-7-13-24)33(44)38-17-11-10-16-27(38)32(43)35-26(19-30(41)42)28(40)21-46-29-18-23(3)37-39(29)25-14-8-5-9-15-25/h4-9,12-15,18,22,26-27,31H,10-11,16-17,19-21H2,1-3H3,(H,35,43)(H,36,45)(H,41,42)/t26-,27-,31-/m0/s1. The first kappa shape index (κ1) is 34.7. The molecule has 1 aliphatic heterocycles. The Kier molecular flexibility index (Phi) is 12.1. The van der Waals surface area contributed by atoms with E-state index in [1.807, 2.05) is 60.7 Å². The summed E-state index contributed by atoms with van der Waals surface area (Å²) >= 11 is 0. The van der Waals surface area contributed by atoms with Crippen LogP contribution in [0.4, 0.5) is 4.79 Å². The number of piperidine rings is 1. The molecule has 0 radical (unpaired) electrons. The second-order valence-electron chi connectivity index (χ2n) is 11.8. The van der Waals surface area contributed by atoms with Crippen molar-refractivity contribution in [2.75, 3.05) is 13.2 Å². The number of carbonyl (C=O) groups excluding carboxylic acids is 4. The van der Waals surface area contributed by atoms with Gasteiger partial charge in [0.05, 0.1) is 17.8 Å². The molecule has 1 saturated heterocycles. The second kappa shape index (κ2) is 16.4. The lowest BCUT2D eigenvalue weighted by Crippen LogP contribution is -2.60. The van der Waals surface area contributed by atoms with Crippen LogP contribution in [0.5, 0.6) is 5.88 Å². The zero-order valence-corrected chi connectivity index (χ0v) is 26.8. The van der Waals surface area contributed by atoms with E-state index in [1.165, 1.54) is 9.58 Å². The number of para-hydroxylation sites is 1. The molecular weight excluding hydrogens is 606 g/mol. The van der Waals surface area contributed by atoms with Gasteiger partial charge in [-0.05, 0) is 49.8 Å². The number of ketones is 1. The highest BCUT2D eigenvalue weighted by molar-refractivity contribution is 5.96. The maximum atomic E-state index is 13.8. The van der Waals surface area contributed by atoms with Crippen LogP contribution in [0, 0.1) is 12.8 Å². The summed E-state index contributed by atoms with van der Waals surface area (Å²) in [6.07, 6.45) is 0.147. The highest BCUT2D eigenvalue weighted by Crippen LogP contribution is 2.22. The summed E-state index contributed by atoms with van der Waals surface area (Å²) in [6, 6.07) is 16.6. The number of carboxylic acid groups (broad SMARTS) is 1. The third-order valence-electron chi connectivity index (χ3n) is 7.75. The lowest BCUT2D eigenvalue weighted by Gasteiger charge is -2.38. The molecule has 0 bridgehead atoms. The molecule has 250 valence electrons. The maximum Gasteiger partial charge on any atom is 0.408 e. The van der Waals surface area contributed by atoms with E-state index in [2.05, 4.69) is 15.7 Å². The van der Waals surface area contributed by atoms with Crippen molar-refractivity contribution in [1.29, 1.82) is 0 Å². The Morgan fingerprint density at radius 2 is 1.66 bits per heavy atom. The van der Waals surface area contributed by atoms with E-state index in [-0.39, 0.29) is 24.9 Å². The molecule has 13 nitrogen and oxygen atoms in total. The molecule has 2 aromatic carbocycles. The number of carbonyl (C=O) groups is 5. The summed E-state index contributed by atoms with van der Waals surface area (Å²) in [5.41, 5.74) is 2.14. The van der Waals surface area contributed by atoms with E-state index in [0.717, 1.165) is 5.56 Å². The van der Waals surface area contributed by atoms with Gasteiger partial charge < -0.3 is 30.1 Å². The Hall–Kier alpha value is -5.20. The third kappa shape index (κ3) is 9.65. The Labute approximate surface area is 273 Å². The molecule has 3 N–H and O–H groups in total. The second-order valence-corrected chi connectivity index (χ2v) is 11.8. The van der Waals surface area contributed by atoms with Crippen LogP contribution < -0.4 is 15.4 Å². The number of nitrogens with zero attached hydrogens (tertiary/aromatic N) is 3. The molecule has 47 heavy (non-hydrogen) atoms. The summed E-state index contributed by atoms with van der Waals surface area (Å²) in [4.78, 5) is 66.3. The van der Waals surface area contributed by atoms with Gasteiger partial charge >= 0.3 is 12.1 Å². The number of ether oxygens (including phenoxy) is 2. The minimum Gasteiger partial charge on any atom is -0.481 e. The molecule has 13 heteroatoms. The van der Waals surface area contributed by atoms with Crippen LogP contribution in [-0.2, 0) is 30.5 Å². The van der Waals surface area contributed by atoms with Gasteiger partial charge in [-0.25, -0.2) is 9.48 Å². The number of carboxylic acids is 1. The number of benzene rings is 2. The fourth-order valence-electron chi connectivity index (χ4n) is 5.32. The topological polar surface area (TPSA) is 169 Å². The summed E-state index contributed by atoms with van der Waals surface area (Å²) in [5, 5.41) is 19.1. The number of alkyl carbamates (subject to hydrolysis) is 1. The molecule has 3 amide bonds. The monoisotopic (exact) mass is 647 g/mol. The van der Waals surface area contributed by atoms with Gasteiger partial charge in [0.25, 0.3) is 0 Å². The third-order valence-corrected chi connectivity index (χ3v) is 7.75.